The van der Waals surface area contributed by atoms with Crippen molar-refractivity contribution in [3.8, 4) is 5.75 Å². The third kappa shape index (κ3) is 5.13. The van der Waals surface area contributed by atoms with Crippen molar-refractivity contribution >= 4 is 12.3 Å². The highest BCUT2D eigenvalue weighted by molar-refractivity contribution is 5.82. The Balaban J connectivity index is 2.33. The van der Waals surface area contributed by atoms with Gasteiger partial charge in [0, 0.05) is 6.42 Å². The van der Waals surface area contributed by atoms with Gasteiger partial charge in [0.05, 0.1) is 5.56 Å². The molecule has 0 N–H and O–H groups in total. The number of para-hydroxylation sites is 1. The lowest BCUT2D eigenvalue weighted by Gasteiger charge is -2.06. The molecule has 1 rings (SSSR count). The molecule has 1 aromatic rings. The molecule has 0 aromatic heterocycles. The van der Waals surface area contributed by atoms with Crippen LogP contribution in [-0.2, 0) is 4.79 Å². The fourth-order valence-electron chi connectivity index (χ4n) is 1.72. The summed E-state index contributed by atoms with van der Waals surface area (Å²) in [6.45, 7) is 2.16. The lowest BCUT2D eigenvalue weighted by atomic mass is 10.1. The van der Waals surface area contributed by atoms with Crippen molar-refractivity contribution in [3.63, 3.8) is 0 Å². The maximum Gasteiger partial charge on any atom is 0.311 e. The van der Waals surface area contributed by atoms with Gasteiger partial charge in [0.25, 0.3) is 0 Å². The summed E-state index contributed by atoms with van der Waals surface area (Å²) in [7, 11) is 0. The molecule has 0 atom stereocenters. The second-order valence-electron chi connectivity index (χ2n) is 4.29. The van der Waals surface area contributed by atoms with E-state index in [0.717, 1.165) is 19.3 Å². The van der Waals surface area contributed by atoms with Gasteiger partial charge < -0.3 is 4.74 Å². The minimum atomic E-state index is -0.263. The van der Waals surface area contributed by atoms with Crippen LogP contribution in [0.3, 0.4) is 0 Å². The van der Waals surface area contributed by atoms with Gasteiger partial charge in [-0.15, -0.1) is 0 Å². The molecule has 0 amide bonds. The van der Waals surface area contributed by atoms with Crippen LogP contribution in [0.1, 0.15) is 55.8 Å². The Hall–Kier alpha value is -1.64. The standard InChI is InChI=1S/C15H20O3/c1-2-3-4-5-6-11-15(17)18-14-10-8-7-9-13(14)12-16/h7-10,12H,2-6,11H2,1H3. The summed E-state index contributed by atoms with van der Waals surface area (Å²) >= 11 is 0. The summed E-state index contributed by atoms with van der Waals surface area (Å²) in [5.74, 6) is 0.0897. The van der Waals surface area contributed by atoms with Crippen LogP contribution in [0.4, 0.5) is 0 Å². The van der Waals surface area contributed by atoms with Crippen molar-refractivity contribution in [3.05, 3.63) is 29.8 Å². The van der Waals surface area contributed by atoms with E-state index in [-0.39, 0.29) is 5.97 Å². The largest absolute Gasteiger partial charge is 0.426 e. The summed E-state index contributed by atoms with van der Waals surface area (Å²) in [5, 5.41) is 0. The Morgan fingerprint density at radius 1 is 1.17 bits per heavy atom. The third-order valence-electron chi connectivity index (χ3n) is 2.75. The molecule has 0 spiro atoms. The maximum atomic E-state index is 11.6. The van der Waals surface area contributed by atoms with E-state index < -0.39 is 0 Å². The molecule has 0 aliphatic carbocycles. The molecule has 18 heavy (non-hydrogen) atoms. The van der Waals surface area contributed by atoms with E-state index in [4.69, 9.17) is 4.74 Å². The highest BCUT2D eigenvalue weighted by Crippen LogP contribution is 2.17. The molecule has 3 nitrogen and oxygen atoms in total. The third-order valence-corrected chi connectivity index (χ3v) is 2.75. The van der Waals surface area contributed by atoms with Crippen LogP contribution in [0.2, 0.25) is 0 Å². The van der Waals surface area contributed by atoms with E-state index in [1.165, 1.54) is 12.8 Å². The van der Waals surface area contributed by atoms with Crippen molar-refractivity contribution in [2.24, 2.45) is 0 Å². The highest BCUT2D eigenvalue weighted by Gasteiger charge is 2.07. The summed E-state index contributed by atoms with van der Waals surface area (Å²) in [6.07, 6.45) is 6.58. The Morgan fingerprint density at radius 3 is 2.61 bits per heavy atom. The van der Waals surface area contributed by atoms with Crippen LogP contribution in [0, 0.1) is 0 Å². The lowest BCUT2D eigenvalue weighted by Crippen LogP contribution is -2.08. The molecule has 0 saturated heterocycles. The van der Waals surface area contributed by atoms with Gasteiger partial charge in [0.15, 0.2) is 6.29 Å². The topological polar surface area (TPSA) is 43.4 Å². The van der Waals surface area contributed by atoms with Gasteiger partial charge in [0.2, 0.25) is 0 Å². The first-order valence-electron chi connectivity index (χ1n) is 6.52. The molecule has 0 aliphatic heterocycles. The number of hydrogen-bond donors (Lipinski definition) is 0. The second kappa shape index (κ2) is 8.45. The van der Waals surface area contributed by atoms with E-state index >= 15 is 0 Å². The zero-order valence-corrected chi connectivity index (χ0v) is 10.9. The van der Waals surface area contributed by atoms with Crippen molar-refractivity contribution in [2.45, 2.75) is 45.4 Å². The Morgan fingerprint density at radius 2 is 1.89 bits per heavy atom. The fourth-order valence-corrected chi connectivity index (χ4v) is 1.72. The molecular formula is C15H20O3. The maximum absolute atomic E-state index is 11.6. The first kappa shape index (κ1) is 14.4. The summed E-state index contributed by atoms with van der Waals surface area (Å²) < 4.78 is 5.17. The van der Waals surface area contributed by atoms with Crippen LogP contribution in [0.25, 0.3) is 0 Å². The van der Waals surface area contributed by atoms with E-state index in [1.807, 2.05) is 0 Å². The van der Waals surface area contributed by atoms with E-state index in [0.29, 0.717) is 24.0 Å². The molecule has 0 aliphatic rings. The molecule has 98 valence electrons. The number of esters is 1. The Bertz CT molecular complexity index is 385. The van der Waals surface area contributed by atoms with Crippen LogP contribution >= 0.6 is 0 Å². The molecule has 3 heteroatoms. The number of ether oxygens (including phenoxy) is 1. The van der Waals surface area contributed by atoms with Gasteiger partial charge in [-0.25, -0.2) is 0 Å². The number of benzene rings is 1. The van der Waals surface area contributed by atoms with Crippen molar-refractivity contribution in [2.75, 3.05) is 0 Å². The summed E-state index contributed by atoms with van der Waals surface area (Å²) in [4.78, 5) is 22.3. The van der Waals surface area contributed by atoms with Gasteiger partial charge >= 0.3 is 5.97 Å². The van der Waals surface area contributed by atoms with Crippen molar-refractivity contribution < 1.29 is 14.3 Å². The average Bonchev–Trinajstić information content (AvgIpc) is 2.39. The molecule has 0 heterocycles. The SMILES string of the molecule is CCCCCCCC(=O)Oc1ccccc1C=O. The van der Waals surface area contributed by atoms with Crippen LogP contribution in [0.5, 0.6) is 5.75 Å². The predicted molar refractivity (Wildman–Crippen MR) is 70.8 cm³/mol. The van der Waals surface area contributed by atoms with E-state index in [1.54, 1.807) is 24.3 Å². The molecule has 0 unspecified atom stereocenters. The normalized spacial score (nSPS) is 10.1. The number of carbonyl (C=O) groups is 2. The molecule has 0 bridgehead atoms. The van der Waals surface area contributed by atoms with Gasteiger partial charge in [-0.2, -0.15) is 0 Å². The number of carbonyl (C=O) groups excluding carboxylic acids is 2. The molecule has 1 aromatic carbocycles. The smallest absolute Gasteiger partial charge is 0.311 e. The molecule has 0 fully saturated rings. The van der Waals surface area contributed by atoms with Crippen LogP contribution < -0.4 is 4.74 Å². The second-order valence-corrected chi connectivity index (χ2v) is 4.29. The lowest BCUT2D eigenvalue weighted by molar-refractivity contribution is -0.134. The zero-order chi connectivity index (χ0) is 13.2. The first-order chi connectivity index (χ1) is 8.77. The van der Waals surface area contributed by atoms with E-state index in [2.05, 4.69) is 6.92 Å². The zero-order valence-electron chi connectivity index (χ0n) is 10.9. The number of unbranched alkanes of at least 4 members (excludes halogenated alkanes) is 4. The molecule has 0 saturated carbocycles. The number of aldehydes is 1. The predicted octanol–water partition coefficient (Wildman–Crippen LogP) is 3.77. The quantitative estimate of drug-likeness (QED) is 0.304. The van der Waals surface area contributed by atoms with Gasteiger partial charge in [-0.3, -0.25) is 9.59 Å². The minimum Gasteiger partial charge on any atom is -0.426 e. The summed E-state index contributed by atoms with van der Waals surface area (Å²) in [5.41, 5.74) is 0.414. The number of rotatable bonds is 8. The summed E-state index contributed by atoms with van der Waals surface area (Å²) in [6, 6.07) is 6.76. The monoisotopic (exact) mass is 248 g/mol. The first-order valence-corrected chi connectivity index (χ1v) is 6.52. The Labute approximate surface area is 108 Å². The van der Waals surface area contributed by atoms with Gasteiger partial charge in [-0.05, 0) is 18.6 Å². The van der Waals surface area contributed by atoms with E-state index in [9.17, 15) is 9.59 Å². The molecular weight excluding hydrogens is 228 g/mol. The van der Waals surface area contributed by atoms with Crippen molar-refractivity contribution in [1.82, 2.24) is 0 Å². The Kier molecular flexibility index (Phi) is 6.77. The van der Waals surface area contributed by atoms with Crippen LogP contribution in [0.15, 0.2) is 24.3 Å². The minimum absolute atomic E-state index is 0.263. The van der Waals surface area contributed by atoms with Crippen LogP contribution in [-0.4, -0.2) is 12.3 Å². The van der Waals surface area contributed by atoms with Crippen molar-refractivity contribution in [1.29, 1.82) is 0 Å². The van der Waals surface area contributed by atoms with Gasteiger partial charge in [0.1, 0.15) is 5.75 Å². The fraction of sp³-hybridized carbons (Fsp3) is 0.467. The molecule has 0 radical (unpaired) electrons. The van der Waals surface area contributed by atoms with Gasteiger partial charge in [-0.1, -0.05) is 44.7 Å². The highest BCUT2D eigenvalue weighted by atomic mass is 16.5. The average molecular weight is 248 g/mol. The number of hydrogen-bond acceptors (Lipinski definition) is 3.